The average molecular weight is 324 g/mol. The highest BCUT2D eigenvalue weighted by atomic mass is 79.9. The maximum atomic E-state index is 3.65. The Balaban J connectivity index is 2.48. The van der Waals surface area contributed by atoms with E-state index in [0.29, 0.717) is 0 Å². The van der Waals surface area contributed by atoms with Crippen LogP contribution in [0.25, 0.3) is 0 Å². The normalized spacial score (nSPS) is 12.7. The Hall–Kier alpha value is -0.640. The summed E-state index contributed by atoms with van der Waals surface area (Å²) in [5.74, 6) is 0. The molecule has 0 aliphatic rings. The van der Waals surface area contributed by atoms with Gasteiger partial charge in [0.1, 0.15) is 0 Å². The highest BCUT2D eigenvalue weighted by molar-refractivity contribution is 9.10. The summed E-state index contributed by atoms with van der Waals surface area (Å²) in [7, 11) is 0. The fourth-order valence-corrected chi connectivity index (χ4v) is 3.71. The topological polar surface area (TPSA) is 12.0 Å². The Morgan fingerprint density at radius 1 is 1.22 bits per heavy atom. The average Bonchev–Trinajstić information content (AvgIpc) is 2.76. The van der Waals surface area contributed by atoms with Crippen LogP contribution in [0.15, 0.2) is 33.4 Å². The molecule has 2 rings (SSSR count). The van der Waals surface area contributed by atoms with Gasteiger partial charge in [0.2, 0.25) is 0 Å². The second-order valence-electron chi connectivity index (χ2n) is 4.53. The van der Waals surface area contributed by atoms with Crippen molar-refractivity contribution < 1.29 is 0 Å². The van der Waals surface area contributed by atoms with E-state index >= 15 is 0 Å². The number of rotatable bonds is 4. The lowest BCUT2D eigenvalue weighted by Crippen LogP contribution is -2.22. The van der Waals surface area contributed by atoms with Gasteiger partial charge in [0, 0.05) is 9.85 Å². The second-order valence-corrected chi connectivity index (χ2v) is 6.12. The standard InChI is InChI=1S/C15H18BrNS/c1-4-17-15(13-8-18-9-14(13)16)12-7-10(2)5-6-11(12)3/h5-9,15,17H,4H2,1-3H3. The summed E-state index contributed by atoms with van der Waals surface area (Å²) < 4.78 is 1.19. The zero-order chi connectivity index (χ0) is 13.1. The number of benzene rings is 1. The van der Waals surface area contributed by atoms with Gasteiger partial charge in [0.15, 0.2) is 0 Å². The molecule has 0 amide bonds. The summed E-state index contributed by atoms with van der Waals surface area (Å²) in [6, 6.07) is 6.93. The molecule has 96 valence electrons. The first-order valence-corrected chi connectivity index (χ1v) is 7.89. The molecule has 0 saturated heterocycles. The van der Waals surface area contributed by atoms with Gasteiger partial charge in [-0.2, -0.15) is 11.3 Å². The Kier molecular flexibility index (Phi) is 4.60. The third-order valence-corrected chi connectivity index (χ3v) is 4.86. The lowest BCUT2D eigenvalue weighted by molar-refractivity contribution is 0.627. The van der Waals surface area contributed by atoms with Crippen molar-refractivity contribution in [3.05, 3.63) is 55.7 Å². The molecule has 0 aliphatic carbocycles. The number of hydrogen-bond acceptors (Lipinski definition) is 2. The van der Waals surface area contributed by atoms with Crippen LogP contribution in [-0.4, -0.2) is 6.54 Å². The van der Waals surface area contributed by atoms with Crippen molar-refractivity contribution in [3.8, 4) is 0 Å². The predicted octanol–water partition coefficient (Wildman–Crippen LogP) is 4.83. The first kappa shape index (κ1) is 13.8. The third kappa shape index (κ3) is 2.85. The van der Waals surface area contributed by atoms with Gasteiger partial charge in [0.05, 0.1) is 6.04 Å². The van der Waals surface area contributed by atoms with E-state index in [1.54, 1.807) is 11.3 Å². The first-order valence-electron chi connectivity index (χ1n) is 6.15. The highest BCUT2D eigenvalue weighted by Crippen LogP contribution is 2.33. The van der Waals surface area contributed by atoms with E-state index < -0.39 is 0 Å². The van der Waals surface area contributed by atoms with Crippen molar-refractivity contribution in [2.45, 2.75) is 26.8 Å². The molecule has 1 heterocycles. The molecule has 18 heavy (non-hydrogen) atoms. The van der Waals surface area contributed by atoms with Crippen LogP contribution in [0.1, 0.15) is 35.2 Å². The Morgan fingerprint density at radius 3 is 2.61 bits per heavy atom. The third-order valence-electron chi connectivity index (χ3n) is 3.11. The molecule has 1 aromatic carbocycles. The highest BCUT2D eigenvalue weighted by Gasteiger charge is 2.18. The van der Waals surface area contributed by atoms with E-state index in [1.165, 1.54) is 26.7 Å². The van der Waals surface area contributed by atoms with Gasteiger partial charge in [-0.1, -0.05) is 30.7 Å². The maximum Gasteiger partial charge on any atom is 0.0598 e. The smallest absolute Gasteiger partial charge is 0.0598 e. The van der Waals surface area contributed by atoms with Gasteiger partial charge in [-0.3, -0.25) is 0 Å². The summed E-state index contributed by atoms with van der Waals surface area (Å²) in [5, 5.41) is 7.95. The van der Waals surface area contributed by atoms with Crippen molar-refractivity contribution in [2.75, 3.05) is 6.54 Å². The van der Waals surface area contributed by atoms with Gasteiger partial charge < -0.3 is 5.32 Å². The Bertz CT molecular complexity index is 533. The minimum atomic E-state index is 0.274. The summed E-state index contributed by atoms with van der Waals surface area (Å²) >= 11 is 5.39. The largest absolute Gasteiger partial charge is 0.306 e. The van der Waals surface area contributed by atoms with E-state index in [-0.39, 0.29) is 6.04 Å². The molecule has 3 heteroatoms. The first-order chi connectivity index (χ1) is 8.63. The van der Waals surface area contributed by atoms with Crippen molar-refractivity contribution in [3.63, 3.8) is 0 Å². The molecule has 1 nitrogen and oxygen atoms in total. The van der Waals surface area contributed by atoms with Crippen LogP contribution in [0.5, 0.6) is 0 Å². The second kappa shape index (κ2) is 6.00. The molecule has 0 fully saturated rings. The lowest BCUT2D eigenvalue weighted by Gasteiger charge is -2.21. The van der Waals surface area contributed by atoms with Gasteiger partial charge in [0.25, 0.3) is 0 Å². The molecular weight excluding hydrogens is 306 g/mol. The number of halogens is 1. The van der Waals surface area contributed by atoms with Crippen LogP contribution >= 0.6 is 27.3 Å². The Morgan fingerprint density at radius 2 is 2.00 bits per heavy atom. The quantitative estimate of drug-likeness (QED) is 0.850. The van der Waals surface area contributed by atoms with Crippen molar-refractivity contribution in [1.82, 2.24) is 5.32 Å². The van der Waals surface area contributed by atoms with Gasteiger partial charge in [-0.05, 0) is 58.4 Å². The summed E-state index contributed by atoms with van der Waals surface area (Å²) in [5.41, 5.74) is 5.35. The molecule has 2 aromatic rings. The molecule has 0 aliphatic heterocycles. The van der Waals surface area contributed by atoms with Crippen LogP contribution in [0.4, 0.5) is 0 Å². The number of thiophene rings is 1. The van der Waals surface area contributed by atoms with E-state index in [1.807, 2.05) is 0 Å². The van der Waals surface area contributed by atoms with Crippen molar-refractivity contribution >= 4 is 27.3 Å². The molecule has 1 unspecified atom stereocenters. The number of nitrogens with one attached hydrogen (secondary N) is 1. The maximum absolute atomic E-state index is 3.65. The molecule has 1 aromatic heterocycles. The summed E-state index contributed by atoms with van der Waals surface area (Å²) in [6.07, 6.45) is 0. The van der Waals surface area contributed by atoms with E-state index in [9.17, 15) is 0 Å². The van der Waals surface area contributed by atoms with Crippen LogP contribution in [0.2, 0.25) is 0 Å². The molecule has 0 spiro atoms. The zero-order valence-electron chi connectivity index (χ0n) is 11.0. The molecule has 0 saturated carbocycles. The van der Waals surface area contributed by atoms with Crippen LogP contribution in [0.3, 0.4) is 0 Å². The van der Waals surface area contributed by atoms with Crippen LogP contribution in [-0.2, 0) is 0 Å². The lowest BCUT2D eigenvalue weighted by atomic mass is 9.95. The fraction of sp³-hybridized carbons (Fsp3) is 0.333. The fourth-order valence-electron chi connectivity index (χ4n) is 2.16. The van der Waals surface area contributed by atoms with E-state index in [2.05, 4.69) is 71.0 Å². The number of hydrogen-bond donors (Lipinski definition) is 1. The molecule has 0 radical (unpaired) electrons. The van der Waals surface area contributed by atoms with Gasteiger partial charge in [-0.25, -0.2) is 0 Å². The van der Waals surface area contributed by atoms with E-state index in [4.69, 9.17) is 0 Å². The van der Waals surface area contributed by atoms with Crippen molar-refractivity contribution in [1.29, 1.82) is 0 Å². The van der Waals surface area contributed by atoms with E-state index in [0.717, 1.165) is 6.54 Å². The predicted molar refractivity (Wildman–Crippen MR) is 83.5 cm³/mol. The van der Waals surface area contributed by atoms with Gasteiger partial charge in [-0.15, -0.1) is 0 Å². The minimum Gasteiger partial charge on any atom is -0.306 e. The van der Waals surface area contributed by atoms with Crippen molar-refractivity contribution in [2.24, 2.45) is 0 Å². The molecule has 0 bridgehead atoms. The van der Waals surface area contributed by atoms with Crippen LogP contribution in [0, 0.1) is 13.8 Å². The SMILES string of the molecule is CCNC(c1cc(C)ccc1C)c1cscc1Br. The molecule has 1 N–H and O–H groups in total. The van der Waals surface area contributed by atoms with Crippen LogP contribution < -0.4 is 5.32 Å². The molecule has 1 atom stereocenters. The number of aryl methyl sites for hydroxylation is 2. The minimum absolute atomic E-state index is 0.274. The Labute approximate surface area is 121 Å². The summed E-state index contributed by atoms with van der Waals surface area (Å²) in [4.78, 5) is 0. The zero-order valence-corrected chi connectivity index (χ0v) is 13.4. The summed E-state index contributed by atoms with van der Waals surface area (Å²) in [6.45, 7) is 7.44. The molecular formula is C15H18BrNS. The van der Waals surface area contributed by atoms with Gasteiger partial charge >= 0.3 is 0 Å². The monoisotopic (exact) mass is 323 g/mol.